The average molecular weight is 249 g/mol. The largest absolute Gasteiger partial charge is 0.396 e. The third-order valence-electron chi connectivity index (χ3n) is 2.81. The number of hydrogen-bond acceptors (Lipinski definition) is 2. The summed E-state index contributed by atoms with van der Waals surface area (Å²) in [4.78, 5) is 11.7. The van der Waals surface area contributed by atoms with E-state index in [1.165, 1.54) is 0 Å². The van der Waals surface area contributed by atoms with E-state index in [1.807, 2.05) is 30.3 Å². The zero-order valence-electron chi connectivity index (χ0n) is 11.2. The summed E-state index contributed by atoms with van der Waals surface area (Å²) in [6.07, 6.45) is 1.84. The van der Waals surface area contributed by atoms with E-state index in [4.69, 9.17) is 5.11 Å². The summed E-state index contributed by atoms with van der Waals surface area (Å²) in [6, 6.07) is 10.1. The predicted molar refractivity (Wildman–Crippen MR) is 73.1 cm³/mol. The van der Waals surface area contributed by atoms with Crippen LogP contribution in [0, 0.1) is 5.92 Å². The molecule has 0 aliphatic rings. The van der Waals surface area contributed by atoms with Crippen molar-refractivity contribution in [3.05, 3.63) is 35.9 Å². The van der Waals surface area contributed by atoms with Crippen molar-refractivity contribution in [2.45, 2.75) is 39.2 Å². The first-order valence-corrected chi connectivity index (χ1v) is 6.58. The van der Waals surface area contributed by atoms with Crippen LogP contribution in [-0.2, 0) is 4.79 Å². The van der Waals surface area contributed by atoms with Gasteiger partial charge in [-0.25, -0.2) is 0 Å². The van der Waals surface area contributed by atoms with Crippen LogP contribution in [0.1, 0.15) is 44.7 Å². The highest BCUT2D eigenvalue weighted by molar-refractivity contribution is 5.76. The molecule has 0 bridgehead atoms. The van der Waals surface area contributed by atoms with Gasteiger partial charge in [0.15, 0.2) is 0 Å². The summed E-state index contributed by atoms with van der Waals surface area (Å²) in [5, 5.41) is 11.8. The molecular weight excluding hydrogens is 226 g/mol. The van der Waals surface area contributed by atoms with E-state index in [9.17, 15) is 4.79 Å². The standard InChI is InChI=1S/C15H23NO2/c1-12(2)11-14(13-7-4-3-5-8-13)16-15(18)9-6-10-17/h3-5,7-8,12,14,17H,6,9-11H2,1-2H3,(H,16,18). The number of aliphatic hydroxyl groups is 1. The second kappa shape index (κ2) is 7.88. The van der Waals surface area contributed by atoms with Crippen LogP contribution in [-0.4, -0.2) is 17.6 Å². The minimum absolute atomic E-state index is 0.0125. The quantitative estimate of drug-likeness (QED) is 0.780. The van der Waals surface area contributed by atoms with Crippen molar-refractivity contribution in [1.29, 1.82) is 0 Å². The molecule has 1 aromatic carbocycles. The predicted octanol–water partition coefficient (Wildman–Crippen LogP) is 2.66. The maximum Gasteiger partial charge on any atom is 0.220 e. The molecule has 18 heavy (non-hydrogen) atoms. The lowest BCUT2D eigenvalue weighted by Crippen LogP contribution is -2.29. The number of carbonyl (C=O) groups is 1. The van der Waals surface area contributed by atoms with Crippen molar-refractivity contribution < 1.29 is 9.90 Å². The van der Waals surface area contributed by atoms with Gasteiger partial charge < -0.3 is 10.4 Å². The molecule has 1 atom stereocenters. The van der Waals surface area contributed by atoms with Gasteiger partial charge in [0.2, 0.25) is 5.91 Å². The average Bonchev–Trinajstić information content (AvgIpc) is 2.36. The minimum atomic E-state index is 0.0125. The van der Waals surface area contributed by atoms with Crippen LogP contribution in [0.15, 0.2) is 30.3 Å². The SMILES string of the molecule is CC(C)CC(NC(=O)CCCO)c1ccccc1. The highest BCUT2D eigenvalue weighted by Gasteiger charge is 2.15. The Kier molecular flexibility index (Phi) is 6.44. The van der Waals surface area contributed by atoms with Crippen LogP contribution in [0.4, 0.5) is 0 Å². The van der Waals surface area contributed by atoms with Gasteiger partial charge in [-0.1, -0.05) is 44.2 Å². The molecule has 0 aliphatic carbocycles. The first-order valence-electron chi connectivity index (χ1n) is 6.58. The van der Waals surface area contributed by atoms with Gasteiger partial charge in [-0.15, -0.1) is 0 Å². The second-order valence-corrected chi connectivity index (χ2v) is 4.99. The number of aliphatic hydroxyl groups excluding tert-OH is 1. The van der Waals surface area contributed by atoms with Crippen molar-refractivity contribution in [3.63, 3.8) is 0 Å². The van der Waals surface area contributed by atoms with E-state index in [2.05, 4.69) is 19.2 Å². The molecular formula is C15H23NO2. The summed E-state index contributed by atoms with van der Waals surface area (Å²) in [5.41, 5.74) is 1.14. The fourth-order valence-electron chi connectivity index (χ4n) is 1.94. The molecule has 0 radical (unpaired) electrons. The fraction of sp³-hybridized carbons (Fsp3) is 0.533. The Morgan fingerprint density at radius 3 is 2.50 bits per heavy atom. The van der Waals surface area contributed by atoms with Gasteiger partial charge in [-0.2, -0.15) is 0 Å². The number of nitrogens with one attached hydrogen (secondary N) is 1. The number of amides is 1. The van der Waals surface area contributed by atoms with Crippen LogP contribution in [0.25, 0.3) is 0 Å². The molecule has 0 saturated heterocycles. The molecule has 0 spiro atoms. The van der Waals surface area contributed by atoms with Gasteiger partial charge in [-0.05, 0) is 24.3 Å². The van der Waals surface area contributed by atoms with Gasteiger partial charge in [0.25, 0.3) is 0 Å². The zero-order valence-corrected chi connectivity index (χ0v) is 11.2. The first-order chi connectivity index (χ1) is 8.63. The molecule has 3 heteroatoms. The van der Waals surface area contributed by atoms with Gasteiger partial charge in [0.1, 0.15) is 0 Å². The molecule has 0 heterocycles. The lowest BCUT2D eigenvalue weighted by molar-refractivity contribution is -0.122. The van der Waals surface area contributed by atoms with Crippen LogP contribution in [0.3, 0.4) is 0 Å². The van der Waals surface area contributed by atoms with Crippen molar-refractivity contribution in [2.24, 2.45) is 5.92 Å². The highest BCUT2D eigenvalue weighted by Crippen LogP contribution is 2.21. The van der Waals surface area contributed by atoms with Gasteiger partial charge >= 0.3 is 0 Å². The monoisotopic (exact) mass is 249 g/mol. The minimum Gasteiger partial charge on any atom is -0.396 e. The fourth-order valence-corrected chi connectivity index (χ4v) is 1.94. The third kappa shape index (κ3) is 5.32. The van der Waals surface area contributed by atoms with E-state index >= 15 is 0 Å². The molecule has 0 fully saturated rings. The van der Waals surface area contributed by atoms with Crippen molar-refractivity contribution in [3.8, 4) is 0 Å². The molecule has 0 aliphatic heterocycles. The van der Waals surface area contributed by atoms with Crippen LogP contribution >= 0.6 is 0 Å². The molecule has 3 nitrogen and oxygen atoms in total. The summed E-state index contributed by atoms with van der Waals surface area (Å²) < 4.78 is 0. The molecule has 0 saturated carbocycles. The van der Waals surface area contributed by atoms with Crippen molar-refractivity contribution in [2.75, 3.05) is 6.61 Å². The molecule has 1 unspecified atom stereocenters. The van der Waals surface area contributed by atoms with Crippen molar-refractivity contribution >= 4 is 5.91 Å². The van der Waals surface area contributed by atoms with Crippen LogP contribution in [0.5, 0.6) is 0 Å². The number of carbonyl (C=O) groups excluding carboxylic acids is 1. The Labute approximate surface area is 109 Å². The van der Waals surface area contributed by atoms with E-state index in [0.29, 0.717) is 18.8 Å². The van der Waals surface area contributed by atoms with Crippen LogP contribution < -0.4 is 5.32 Å². The Morgan fingerprint density at radius 2 is 1.94 bits per heavy atom. The van der Waals surface area contributed by atoms with Gasteiger partial charge in [-0.3, -0.25) is 4.79 Å². The zero-order chi connectivity index (χ0) is 13.4. The van der Waals surface area contributed by atoms with E-state index in [-0.39, 0.29) is 18.6 Å². The number of hydrogen-bond donors (Lipinski definition) is 2. The molecule has 1 aromatic rings. The summed E-state index contributed by atoms with van der Waals surface area (Å²) in [5.74, 6) is 0.534. The van der Waals surface area contributed by atoms with Crippen LogP contribution in [0.2, 0.25) is 0 Å². The first kappa shape index (κ1) is 14.7. The Bertz CT molecular complexity index is 349. The van der Waals surface area contributed by atoms with E-state index < -0.39 is 0 Å². The van der Waals surface area contributed by atoms with Crippen molar-refractivity contribution in [1.82, 2.24) is 5.32 Å². The molecule has 1 rings (SSSR count). The summed E-state index contributed by atoms with van der Waals surface area (Å²) in [6.45, 7) is 4.36. The number of benzene rings is 1. The Morgan fingerprint density at radius 1 is 1.28 bits per heavy atom. The Balaban J connectivity index is 2.64. The highest BCUT2D eigenvalue weighted by atomic mass is 16.3. The normalized spacial score (nSPS) is 12.4. The van der Waals surface area contributed by atoms with Gasteiger partial charge in [0, 0.05) is 13.0 Å². The molecule has 2 N–H and O–H groups in total. The molecule has 1 amide bonds. The van der Waals surface area contributed by atoms with E-state index in [1.54, 1.807) is 0 Å². The Hall–Kier alpha value is -1.35. The summed E-state index contributed by atoms with van der Waals surface area (Å²) >= 11 is 0. The third-order valence-corrected chi connectivity index (χ3v) is 2.81. The number of rotatable bonds is 7. The smallest absolute Gasteiger partial charge is 0.220 e. The lowest BCUT2D eigenvalue weighted by Gasteiger charge is -2.21. The second-order valence-electron chi connectivity index (χ2n) is 4.99. The topological polar surface area (TPSA) is 49.3 Å². The molecule has 100 valence electrons. The van der Waals surface area contributed by atoms with E-state index in [0.717, 1.165) is 12.0 Å². The maximum atomic E-state index is 11.7. The maximum absolute atomic E-state index is 11.7. The summed E-state index contributed by atoms with van der Waals surface area (Å²) in [7, 11) is 0. The molecule has 0 aromatic heterocycles. The lowest BCUT2D eigenvalue weighted by atomic mass is 9.97. The van der Waals surface area contributed by atoms with Gasteiger partial charge in [0.05, 0.1) is 6.04 Å².